The molecule has 1 aromatic carbocycles. The Bertz CT molecular complexity index is 487. The van der Waals surface area contributed by atoms with Crippen molar-refractivity contribution in [2.24, 2.45) is 5.92 Å². The monoisotopic (exact) mass is 291 g/mol. The molecule has 4 nitrogen and oxygen atoms in total. The van der Waals surface area contributed by atoms with Crippen molar-refractivity contribution in [2.75, 3.05) is 26.2 Å². The third-order valence-corrected chi connectivity index (χ3v) is 4.22. The van der Waals surface area contributed by atoms with Crippen molar-refractivity contribution >= 4 is 5.97 Å². The van der Waals surface area contributed by atoms with Crippen LogP contribution >= 0.6 is 0 Å². The van der Waals surface area contributed by atoms with Crippen LogP contribution in [0.2, 0.25) is 0 Å². The van der Waals surface area contributed by atoms with E-state index in [1.165, 1.54) is 11.1 Å². The summed E-state index contributed by atoms with van der Waals surface area (Å²) >= 11 is 0. The number of likely N-dealkylation sites (tertiary alicyclic amines) is 1. The first-order valence-electron chi connectivity index (χ1n) is 7.71. The number of carbonyl (C=O) groups is 1. The summed E-state index contributed by atoms with van der Waals surface area (Å²) in [4.78, 5) is 13.3. The highest BCUT2D eigenvalue weighted by Gasteiger charge is 2.24. The summed E-state index contributed by atoms with van der Waals surface area (Å²) in [6.07, 6.45) is 2.72. The molecular weight excluding hydrogens is 266 g/mol. The fourth-order valence-electron chi connectivity index (χ4n) is 2.74. The minimum atomic E-state index is -0.661. The summed E-state index contributed by atoms with van der Waals surface area (Å²) in [5.41, 5.74) is 2.52. The number of rotatable bonds is 6. The van der Waals surface area contributed by atoms with E-state index >= 15 is 0 Å². The number of hydrogen-bond acceptors (Lipinski definition) is 3. The maximum Gasteiger partial charge on any atom is 0.307 e. The Morgan fingerprint density at radius 2 is 2.19 bits per heavy atom. The number of carboxylic acids is 1. The third kappa shape index (κ3) is 4.74. The highest BCUT2D eigenvalue weighted by molar-refractivity contribution is 5.70. The quantitative estimate of drug-likeness (QED) is 0.819. The topological polar surface area (TPSA) is 49.8 Å². The highest BCUT2D eigenvalue weighted by atomic mass is 16.5. The average Bonchev–Trinajstić information content (AvgIpc) is 2.47. The molecule has 0 spiro atoms. The Kier molecular flexibility index (Phi) is 5.62. The molecule has 1 heterocycles. The largest absolute Gasteiger partial charge is 0.494 e. The second kappa shape index (κ2) is 7.46. The van der Waals surface area contributed by atoms with Crippen molar-refractivity contribution in [3.8, 4) is 5.75 Å². The molecule has 21 heavy (non-hydrogen) atoms. The predicted octanol–water partition coefficient (Wildman–Crippen LogP) is 2.87. The number of hydrogen-bond donors (Lipinski definition) is 1. The summed E-state index contributed by atoms with van der Waals surface area (Å²) < 4.78 is 5.76. The Morgan fingerprint density at radius 3 is 2.90 bits per heavy atom. The summed E-state index contributed by atoms with van der Waals surface area (Å²) in [7, 11) is 0. The maximum absolute atomic E-state index is 11.0. The molecule has 1 N–H and O–H groups in total. The standard InChI is InChI=1S/C17H25NO3/c1-13-6-7-16(11-14(13)2)21-10-4-9-18-8-3-5-15(12-18)17(19)20/h6-7,11,15H,3-5,8-10,12H2,1-2H3,(H,19,20)/t15-/m1/s1. The number of aliphatic carboxylic acids is 1. The van der Waals surface area contributed by atoms with Gasteiger partial charge in [0.2, 0.25) is 0 Å². The molecule has 0 aromatic heterocycles. The molecule has 0 radical (unpaired) electrons. The molecule has 0 saturated carbocycles. The molecule has 1 aliphatic heterocycles. The van der Waals surface area contributed by atoms with Crippen molar-refractivity contribution in [2.45, 2.75) is 33.1 Å². The Balaban J connectivity index is 1.69. The summed E-state index contributed by atoms with van der Waals surface area (Å²) in [5.74, 6) is 0.0608. The van der Waals surface area contributed by atoms with E-state index in [1.54, 1.807) is 0 Å². The van der Waals surface area contributed by atoms with Gasteiger partial charge in [-0.25, -0.2) is 0 Å². The summed E-state index contributed by atoms with van der Waals surface area (Å²) in [6.45, 7) is 7.45. The van der Waals surface area contributed by atoms with E-state index in [4.69, 9.17) is 9.84 Å². The van der Waals surface area contributed by atoms with Crippen molar-refractivity contribution in [3.05, 3.63) is 29.3 Å². The SMILES string of the molecule is Cc1ccc(OCCCN2CCC[C@@H](C(=O)O)C2)cc1C. The van der Waals surface area contributed by atoms with E-state index in [0.717, 1.165) is 38.1 Å². The first-order valence-corrected chi connectivity index (χ1v) is 7.71. The number of ether oxygens (including phenoxy) is 1. The highest BCUT2D eigenvalue weighted by Crippen LogP contribution is 2.18. The van der Waals surface area contributed by atoms with Gasteiger partial charge in [-0.2, -0.15) is 0 Å². The van der Waals surface area contributed by atoms with Gasteiger partial charge in [-0.3, -0.25) is 4.79 Å². The maximum atomic E-state index is 11.0. The summed E-state index contributed by atoms with van der Waals surface area (Å²) in [5, 5.41) is 9.07. The molecule has 0 amide bonds. The van der Waals surface area contributed by atoms with E-state index in [0.29, 0.717) is 13.2 Å². The van der Waals surface area contributed by atoms with Gasteiger partial charge >= 0.3 is 5.97 Å². The number of piperidine rings is 1. The van der Waals surface area contributed by atoms with Crippen LogP contribution in [-0.2, 0) is 4.79 Å². The second-order valence-corrected chi connectivity index (χ2v) is 5.93. The zero-order chi connectivity index (χ0) is 15.2. The van der Waals surface area contributed by atoms with Crippen LogP contribution in [0.4, 0.5) is 0 Å². The molecule has 116 valence electrons. The van der Waals surface area contributed by atoms with Crippen LogP contribution in [0.1, 0.15) is 30.4 Å². The lowest BCUT2D eigenvalue weighted by Crippen LogP contribution is -2.39. The number of nitrogens with zero attached hydrogens (tertiary/aromatic N) is 1. The fourth-order valence-corrected chi connectivity index (χ4v) is 2.74. The molecule has 0 unspecified atom stereocenters. The van der Waals surface area contributed by atoms with Gasteiger partial charge in [-0.05, 0) is 62.9 Å². The minimum Gasteiger partial charge on any atom is -0.494 e. The molecule has 0 bridgehead atoms. The minimum absolute atomic E-state index is 0.195. The molecular formula is C17H25NO3. The van der Waals surface area contributed by atoms with E-state index in [-0.39, 0.29) is 5.92 Å². The molecule has 1 atom stereocenters. The van der Waals surface area contributed by atoms with Crippen molar-refractivity contribution < 1.29 is 14.6 Å². The van der Waals surface area contributed by atoms with Gasteiger partial charge in [0.15, 0.2) is 0 Å². The van der Waals surface area contributed by atoms with Gasteiger partial charge in [0.1, 0.15) is 5.75 Å². The zero-order valence-corrected chi connectivity index (χ0v) is 13.0. The predicted molar refractivity (Wildman–Crippen MR) is 82.8 cm³/mol. The van der Waals surface area contributed by atoms with E-state index in [9.17, 15) is 4.79 Å². The van der Waals surface area contributed by atoms with Crippen LogP contribution in [0.15, 0.2) is 18.2 Å². The molecule has 2 rings (SSSR count). The Hall–Kier alpha value is -1.55. The number of benzene rings is 1. The molecule has 1 aliphatic rings. The van der Waals surface area contributed by atoms with Gasteiger partial charge in [0.25, 0.3) is 0 Å². The molecule has 0 aliphatic carbocycles. The molecule has 4 heteroatoms. The van der Waals surface area contributed by atoms with Crippen LogP contribution in [0, 0.1) is 19.8 Å². The van der Waals surface area contributed by atoms with Crippen LogP contribution < -0.4 is 4.74 Å². The van der Waals surface area contributed by atoms with Crippen LogP contribution in [0.25, 0.3) is 0 Å². The first kappa shape index (κ1) is 15.8. The van der Waals surface area contributed by atoms with Crippen LogP contribution in [-0.4, -0.2) is 42.2 Å². The molecule has 1 saturated heterocycles. The van der Waals surface area contributed by atoms with Crippen molar-refractivity contribution in [3.63, 3.8) is 0 Å². The Labute approximate surface area is 126 Å². The van der Waals surface area contributed by atoms with Gasteiger partial charge in [-0.1, -0.05) is 6.07 Å². The van der Waals surface area contributed by atoms with Gasteiger partial charge in [-0.15, -0.1) is 0 Å². The van der Waals surface area contributed by atoms with Gasteiger partial charge < -0.3 is 14.7 Å². The normalized spacial score (nSPS) is 19.4. The smallest absolute Gasteiger partial charge is 0.307 e. The van der Waals surface area contributed by atoms with E-state index < -0.39 is 5.97 Å². The summed E-state index contributed by atoms with van der Waals surface area (Å²) in [6, 6.07) is 6.15. The van der Waals surface area contributed by atoms with E-state index in [1.807, 2.05) is 6.07 Å². The van der Waals surface area contributed by atoms with Crippen LogP contribution in [0.3, 0.4) is 0 Å². The lowest BCUT2D eigenvalue weighted by molar-refractivity contribution is -0.143. The van der Waals surface area contributed by atoms with Crippen LogP contribution in [0.5, 0.6) is 5.75 Å². The van der Waals surface area contributed by atoms with Gasteiger partial charge in [0, 0.05) is 13.1 Å². The first-order chi connectivity index (χ1) is 10.1. The third-order valence-electron chi connectivity index (χ3n) is 4.22. The second-order valence-electron chi connectivity index (χ2n) is 5.93. The average molecular weight is 291 g/mol. The van der Waals surface area contributed by atoms with E-state index in [2.05, 4.69) is 30.9 Å². The number of aryl methyl sites for hydroxylation is 2. The van der Waals surface area contributed by atoms with Crippen molar-refractivity contribution in [1.82, 2.24) is 4.90 Å². The lowest BCUT2D eigenvalue weighted by Gasteiger charge is -2.30. The molecule has 1 aromatic rings. The zero-order valence-electron chi connectivity index (χ0n) is 13.0. The molecule has 1 fully saturated rings. The Morgan fingerprint density at radius 1 is 1.38 bits per heavy atom. The van der Waals surface area contributed by atoms with Gasteiger partial charge in [0.05, 0.1) is 12.5 Å². The fraction of sp³-hybridized carbons (Fsp3) is 0.588. The lowest BCUT2D eigenvalue weighted by atomic mass is 9.98. The van der Waals surface area contributed by atoms with Crippen molar-refractivity contribution in [1.29, 1.82) is 0 Å². The number of carboxylic acid groups (broad SMARTS) is 1.